The van der Waals surface area contributed by atoms with Crippen molar-refractivity contribution in [3.05, 3.63) is 28.8 Å². The van der Waals surface area contributed by atoms with Crippen LogP contribution in [-0.2, 0) is 0 Å². The third kappa shape index (κ3) is 2.70. The zero-order valence-corrected chi connectivity index (χ0v) is 10.5. The second kappa shape index (κ2) is 5.38. The average molecular weight is 255 g/mol. The molecule has 1 N–H and O–H groups in total. The minimum atomic E-state index is 0.0000154. The van der Waals surface area contributed by atoms with Gasteiger partial charge in [0, 0.05) is 31.2 Å². The highest BCUT2D eigenvalue weighted by Gasteiger charge is 2.21. The number of hydrogen-bond acceptors (Lipinski definition) is 3. The maximum Gasteiger partial charge on any atom is 0.257 e. The Hall–Kier alpha value is -1.26. The summed E-state index contributed by atoms with van der Waals surface area (Å²) in [5.74, 6) is 0.529. The lowest BCUT2D eigenvalue weighted by atomic mass is 10.1. The van der Waals surface area contributed by atoms with E-state index in [2.05, 4.69) is 5.32 Å². The Bertz CT molecular complexity index is 417. The van der Waals surface area contributed by atoms with E-state index >= 15 is 0 Å². The first kappa shape index (κ1) is 12.2. The maximum absolute atomic E-state index is 12.3. The van der Waals surface area contributed by atoms with Crippen LogP contribution in [0.25, 0.3) is 0 Å². The van der Waals surface area contributed by atoms with Gasteiger partial charge in [-0.15, -0.1) is 0 Å². The summed E-state index contributed by atoms with van der Waals surface area (Å²) < 4.78 is 5.19. The Morgan fingerprint density at radius 3 is 2.76 bits per heavy atom. The zero-order valence-electron chi connectivity index (χ0n) is 9.70. The molecule has 1 aromatic carbocycles. The van der Waals surface area contributed by atoms with Gasteiger partial charge in [0.15, 0.2) is 0 Å². The maximum atomic E-state index is 12.3. The summed E-state index contributed by atoms with van der Waals surface area (Å²) in [5.41, 5.74) is 0.568. The molecule has 1 fully saturated rings. The van der Waals surface area contributed by atoms with Gasteiger partial charge in [-0.1, -0.05) is 11.6 Å². The van der Waals surface area contributed by atoms with E-state index in [9.17, 15) is 4.79 Å². The minimum absolute atomic E-state index is 0.0000154. The van der Waals surface area contributed by atoms with Gasteiger partial charge in [-0.3, -0.25) is 4.79 Å². The van der Waals surface area contributed by atoms with Crippen LogP contribution in [0.1, 0.15) is 10.4 Å². The van der Waals surface area contributed by atoms with Crippen molar-refractivity contribution >= 4 is 17.5 Å². The number of hydrogen-bond donors (Lipinski definition) is 1. The van der Waals surface area contributed by atoms with Gasteiger partial charge >= 0.3 is 0 Å². The predicted octanol–water partition coefficient (Wildman–Crippen LogP) is 1.39. The highest BCUT2D eigenvalue weighted by Crippen LogP contribution is 2.24. The van der Waals surface area contributed by atoms with Crippen LogP contribution in [0.15, 0.2) is 18.2 Å². The third-order valence-corrected chi connectivity index (χ3v) is 3.03. The number of carbonyl (C=O) groups excluding carboxylic acids is 1. The van der Waals surface area contributed by atoms with Gasteiger partial charge in [0.2, 0.25) is 0 Å². The highest BCUT2D eigenvalue weighted by atomic mass is 35.5. The quantitative estimate of drug-likeness (QED) is 0.867. The summed E-state index contributed by atoms with van der Waals surface area (Å²) in [4.78, 5) is 14.1. The fourth-order valence-electron chi connectivity index (χ4n) is 1.88. The molecular formula is C12H15ClN2O2. The molecule has 0 atom stereocenters. The van der Waals surface area contributed by atoms with Crippen LogP contribution < -0.4 is 10.1 Å². The first-order valence-electron chi connectivity index (χ1n) is 5.56. The first-order valence-corrected chi connectivity index (χ1v) is 5.93. The van der Waals surface area contributed by atoms with E-state index < -0.39 is 0 Å². The molecule has 1 saturated heterocycles. The Morgan fingerprint density at radius 2 is 2.12 bits per heavy atom. The number of methoxy groups -OCH3 is 1. The fourth-order valence-corrected chi connectivity index (χ4v) is 2.04. The number of halogens is 1. The van der Waals surface area contributed by atoms with Crippen molar-refractivity contribution in [2.24, 2.45) is 0 Å². The van der Waals surface area contributed by atoms with Gasteiger partial charge in [-0.25, -0.2) is 0 Å². The normalized spacial score (nSPS) is 15.8. The van der Waals surface area contributed by atoms with Gasteiger partial charge in [0.05, 0.1) is 12.7 Å². The summed E-state index contributed by atoms with van der Waals surface area (Å²) in [6.45, 7) is 3.12. The molecule has 0 unspecified atom stereocenters. The number of nitrogens with one attached hydrogen (secondary N) is 1. The minimum Gasteiger partial charge on any atom is -0.496 e. The van der Waals surface area contributed by atoms with Gasteiger partial charge in [-0.2, -0.15) is 0 Å². The van der Waals surface area contributed by atoms with Crippen molar-refractivity contribution in [2.45, 2.75) is 0 Å². The van der Waals surface area contributed by atoms with Gasteiger partial charge in [0.1, 0.15) is 5.75 Å². The SMILES string of the molecule is COc1cc(Cl)ccc1C(=O)N1CCNCC1. The standard InChI is InChI=1S/C12H15ClN2O2/c1-17-11-8-9(13)2-3-10(11)12(16)15-6-4-14-5-7-15/h2-3,8,14H,4-7H2,1H3. The lowest BCUT2D eigenvalue weighted by molar-refractivity contribution is 0.0732. The van der Waals surface area contributed by atoms with Gasteiger partial charge < -0.3 is 15.0 Å². The van der Waals surface area contributed by atoms with Gasteiger partial charge in [-0.05, 0) is 18.2 Å². The topological polar surface area (TPSA) is 41.6 Å². The summed E-state index contributed by atoms with van der Waals surface area (Å²) in [7, 11) is 1.54. The monoisotopic (exact) mass is 254 g/mol. The molecule has 0 bridgehead atoms. The van der Waals surface area contributed by atoms with Crippen molar-refractivity contribution in [1.29, 1.82) is 0 Å². The summed E-state index contributed by atoms with van der Waals surface area (Å²) in [6.07, 6.45) is 0. The molecule has 0 aliphatic carbocycles. The lowest BCUT2D eigenvalue weighted by Crippen LogP contribution is -2.46. The average Bonchev–Trinajstić information content (AvgIpc) is 2.39. The second-order valence-corrected chi connectivity index (χ2v) is 4.32. The predicted molar refractivity (Wildman–Crippen MR) is 66.8 cm³/mol. The molecule has 1 amide bonds. The van der Waals surface area contributed by atoms with Crippen molar-refractivity contribution < 1.29 is 9.53 Å². The zero-order chi connectivity index (χ0) is 12.3. The Kier molecular flexibility index (Phi) is 3.86. The molecule has 2 rings (SSSR count). The molecule has 0 radical (unpaired) electrons. The number of carbonyl (C=O) groups is 1. The molecule has 1 aliphatic rings. The number of rotatable bonds is 2. The molecule has 1 heterocycles. The van der Waals surface area contributed by atoms with Crippen LogP contribution in [0.5, 0.6) is 5.75 Å². The Balaban J connectivity index is 2.23. The van der Waals surface area contributed by atoms with E-state index in [0.29, 0.717) is 16.3 Å². The van der Waals surface area contributed by atoms with E-state index in [4.69, 9.17) is 16.3 Å². The number of amides is 1. The summed E-state index contributed by atoms with van der Waals surface area (Å²) in [5, 5.41) is 3.78. The molecule has 1 aliphatic heterocycles. The van der Waals surface area contributed by atoms with Crippen LogP contribution in [0, 0.1) is 0 Å². The molecule has 0 spiro atoms. The number of nitrogens with zero attached hydrogens (tertiary/aromatic N) is 1. The van der Waals surface area contributed by atoms with Crippen LogP contribution in [0.4, 0.5) is 0 Å². The Labute approximate surface area is 106 Å². The highest BCUT2D eigenvalue weighted by molar-refractivity contribution is 6.30. The molecule has 4 nitrogen and oxygen atoms in total. The third-order valence-electron chi connectivity index (χ3n) is 2.80. The first-order chi connectivity index (χ1) is 8.22. The van der Waals surface area contributed by atoms with Crippen molar-refractivity contribution in [2.75, 3.05) is 33.3 Å². The number of benzene rings is 1. The van der Waals surface area contributed by atoms with Crippen LogP contribution in [0.3, 0.4) is 0 Å². The van der Waals surface area contributed by atoms with Crippen molar-refractivity contribution in [3.8, 4) is 5.75 Å². The van der Waals surface area contributed by atoms with Crippen LogP contribution >= 0.6 is 11.6 Å². The van der Waals surface area contributed by atoms with E-state index in [1.165, 1.54) is 0 Å². The van der Waals surface area contributed by atoms with E-state index in [1.54, 1.807) is 25.3 Å². The molecule has 1 aromatic rings. The van der Waals surface area contributed by atoms with Crippen LogP contribution in [-0.4, -0.2) is 44.1 Å². The second-order valence-electron chi connectivity index (χ2n) is 3.89. The molecule has 0 aromatic heterocycles. The van der Waals surface area contributed by atoms with E-state index in [0.717, 1.165) is 26.2 Å². The van der Waals surface area contributed by atoms with E-state index in [-0.39, 0.29) is 5.91 Å². The number of piperazine rings is 1. The molecule has 92 valence electrons. The molecule has 0 saturated carbocycles. The Morgan fingerprint density at radius 1 is 1.41 bits per heavy atom. The molecular weight excluding hydrogens is 240 g/mol. The van der Waals surface area contributed by atoms with Crippen molar-refractivity contribution in [1.82, 2.24) is 10.2 Å². The van der Waals surface area contributed by atoms with Gasteiger partial charge in [0.25, 0.3) is 5.91 Å². The lowest BCUT2D eigenvalue weighted by Gasteiger charge is -2.28. The van der Waals surface area contributed by atoms with Crippen LogP contribution in [0.2, 0.25) is 5.02 Å². The molecule has 17 heavy (non-hydrogen) atoms. The summed E-state index contributed by atoms with van der Waals surface area (Å²) >= 11 is 5.87. The smallest absolute Gasteiger partial charge is 0.257 e. The van der Waals surface area contributed by atoms with E-state index in [1.807, 2.05) is 4.90 Å². The largest absolute Gasteiger partial charge is 0.496 e. The fraction of sp³-hybridized carbons (Fsp3) is 0.417. The number of ether oxygens (including phenoxy) is 1. The summed E-state index contributed by atoms with van der Waals surface area (Å²) in [6, 6.07) is 5.09. The van der Waals surface area contributed by atoms with Crippen molar-refractivity contribution in [3.63, 3.8) is 0 Å². The molecule has 5 heteroatoms.